The van der Waals surface area contributed by atoms with Crippen molar-refractivity contribution in [3.05, 3.63) is 106 Å². The monoisotopic (exact) mass is 453 g/mol. The Morgan fingerprint density at radius 2 is 1.79 bits per heavy atom. The first kappa shape index (κ1) is 22.9. The third kappa shape index (κ3) is 4.08. The van der Waals surface area contributed by atoms with Crippen molar-refractivity contribution in [3.63, 3.8) is 0 Å². The van der Waals surface area contributed by atoms with Crippen LogP contribution in [0.5, 0.6) is 0 Å². The van der Waals surface area contributed by atoms with Crippen LogP contribution in [0.25, 0.3) is 17.1 Å². The maximum atomic E-state index is 13.8. The molecule has 4 aromatic rings. The molecule has 2 aromatic heterocycles. The minimum atomic E-state index is -1.04. The minimum Gasteiger partial charge on any atom is -0.478 e. The van der Waals surface area contributed by atoms with E-state index in [-0.39, 0.29) is 11.4 Å². The number of aryl methyl sites for hydroxylation is 2. The molecule has 0 fully saturated rings. The molecule has 0 spiro atoms. The van der Waals surface area contributed by atoms with Gasteiger partial charge < -0.3 is 9.67 Å². The first-order chi connectivity index (χ1) is 16.3. The number of benzene rings is 2. The Bertz CT molecular complexity index is 1450. The van der Waals surface area contributed by atoms with Crippen LogP contribution in [-0.4, -0.2) is 20.6 Å². The minimum absolute atomic E-state index is 0.181. The van der Waals surface area contributed by atoms with E-state index in [9.17, 15) is 19.6 Å². The molecular formula is C28H24FN3O2. The summed E-state index contributed by atoms with van der Waals surface area (Å²) >= 11 is 0. The molecule has 5 nitrogen and oxygen atoms in total. The second-order valence-corrected chi connectivity index (χ2v) is 8.21. The first-order valence-corrected chi connectivity index (χ1v) is 11.0. The van der Waals surface area contributed by atoms with Crippen LogP contribution in [0.3, 0.4) is 0 Å². The van der Waals surface area contributed by atoms with Crippen molar-refractivity contribution in [2.75, 3.05) is 0 Å². The van der Waals surface area contributed by atoms with Gasteiger partial charge in [-0.1, -0.05) is 49.4 Å². The lowest BCUT2D eigenvalue weighted by Crippen LogP contribution is -2.15. The Morgan fingerprint density at radius 1 is 1.15 bits per heavy atom. The number of fused-ring (bicyclic) bond motifs is 1. The third-order valence-corrected chi connectivity index (χ3v) is 5.96. The summed E-state index contributed by atoms with van der Waals surface area (Å²) in [5.41, 5.74) is 4.96. The zero-order chi connectivity index (χ0) is 24.4. The first-order valence-electron chi connectivity index (χ1n) is 11.0. The van der Waals surface area contributed by atoms with Gasteiger partial charge in [-0.25, -0.2) is 14.2 Å². The van der Waals surface area contributed by atoms with Crippen molar-refractivity contribution in [1.29, 1.82) is 5.26 Å². The van der Waals surface area contributed by atoms with E-state index in [4.69, 9.17) is 4.98 Å². The summed E-state index contributed by atoms with van der Waals surface area (Å²) in [7, 11) is 0. The van der Waals surface area contributed by atoms with Gasteiger partial charge in [0.1, 0.15) is 17.5 Å². The summed E-state index contributed by atoms with van der Waals surface area (Å²) in [5, 5.41) is 20.6. The molecule has 0 aliphatic carbocycles. The van der Waals surface area contributed by atoms with Gasteiger partial charge in [0, 0.05) is 16.7 Å². The van der Waals surface area contributed by atoms with Gasteiger partial charge >= 0.3 is 5.97 Å². The number of carboxylic acids is 1. The lowest BCUT2D eigenvalue weighted by molar-refractivity contribution is -0.132. The van der Waals surface area contributed by atoms with E-state index in [1.165, 1.54) is 12.1 Å². The molecule has 0 bridgehead atoms. The Hall–Kier alpha value is -4.24. The summed E-state index contributed by atoms with van der Waals surface area (Å²) in [4.78, 5) is 16.7. The molecule has 0 saturated carbocycles. The van der Waals surface area contributed by atoms with Crippen LogP contribution in [0.2, 0.25) is 0 Å². The fraction of sp³-hybridized carbons (Fsp3) is 0.179. The topological polar surface area (TPSA) is 78.9 Å². The van der Waals surface area contributed by atoms with Crippen LogP contribution in [0.15, 0.2) is 66.2 Å². The number of hydrogen-bond donors (Lipinski definition) is 1. The largest absolute Gasteiger partial charge is 0.478 e. The average Bonchev–Trinajstić information content (AvgIpc) is 3.12. The Kier molecular flexibility index (Phi) is 6.29. The quantitative estimate of drug-likeness (QED) is 0.354. The van der Waals surface area contributed by atoms with Gasteiger partial charge in [-0.3, -0.25) is 0 Å². The predicted octanol–water partition coefficient (Wildman–Crippen LogP) is 6.18. The summed E-state index contributed by atoms with van der Waals surface area (Å²) in [5.74, 6) is -1.39. The molecule has 1 unspecified atom stereocenters. The van der Waals surface area contributed by atoms with E-state index in [1.807, 2.05) is 54.8 Å². The van der Waals surface area contributed by atoms with Crippen molar-refractivity contribution in [2.45, 2.75) is 33.2 Å². The lowest BCUT2D eigenvalue weighted by Gasteiger charge is -2.23. The second-order valence-electron chi connectivity index (χ2n) is 8.21. The van der Waals surface area contributed by atoms with Crippen LogP contribution < -0.4 is 0 Å². The van der Waals surface area contributed by atoms with E-state index in [2.05, 4.69) is 6.07 Å². The standard InChI is InChI=1S/C28H24FN3O2/c1-4-19(28(33)34)15-24-23(16-30)25-17(2)14-18(3)31-27(25)32(24)26(20-8-6-5-7-9-20)21-10-12-22(29)13-11-21/h5-15,26H,4H2,1-3H3,(H,33,34). The number of hydrogen-bond acceptors (Lipinski definition) is 3. The van der Waals surface area contributed by atoms with Crippen molar-refractivity contribution >= 4 is 23.1 Å². The highest BCUT2D eigenvalue weighted by Gasteiger charge is 2.27. The predicted molar refractivity (Wildman–Crippen MR) is 130 cm³/mol. The van der Waals surface area contributed by atoms with Gasteiger partial charge in [0.2, 0.25) is 0 Å². The molecule has 4 rings (SSSR count). The molecule has 0 saturated heterocycles. The number of nitrogens with zero attached hydrogens (tertiary/aromatic N) is 3. The number of pyridine rings is 1. The number of carbonyl (C=O) groups is 1. The molecule has 2 heterocycles. The second kappa shape index (κ2) is 9.32. The number of carboxylic acid groups (broad SMARTS) is 1. The lowest BCUT2D eigenvalue weighted by atomic mass is 9.97. The van der Waals surface area contributed by atoms with Crippen LogP contribution in [-0.2, 0) is 4.79 Å². The molecule has 1 atom stereocenters. The SMILES string of the molecule is CCC(=Cc1c(C#N)c2c(C)cc(C)nc2n1C(c1ccccc1)c1ccc(F)cc1)C(=O)O. The highest BCUT2D eigenvalue weighted by Crippen LogP contribution is 2.37. The molecule has 0 aliphatic heterocycles. The highest BCUT2D eigenvalue weighted by molar-refractivity contribution is 5.96. The van der Waals surface area contributed by atoms with E-state index in [0.29, 0.717) is 28.7 Å². The van der Waals surface area contributed by atoms with Gasteiger partial charge in [-0.15, -0.1) is 0 Å². The van der Waals surface area contributed by atoms with Crippen molar-refractivity contribution in [1.82, 2.24) is 9.55 Å². The van der Waals surface area contributed by atoms with E-state index >= 15 is 0 Å². The number of aromatic nitrogens is 2. The van der Waals surface area contributed by atoms with Crippen molar-refractivity contribution in [3.8, 4) is 6.07 Å². The molecule has 0 aliphatic rings. The molecule has 2 aromatic carbocycles. The number of rotatable bonds is 6. The van der Waals surface area contributed by atoms with Crippen molar-refractivity contribution < 1.29 is 14.3 Å². The zero-order valence-corrected chi connectivity index (χ0v) is 19.2. The van der Waals surface area contributed by atoms with Crippen LogP contribution >= 0.6 is 0 Å². The van der Waals surface area contributed by atoms with Gasteiger partial charge in [0.05, 0.1) is 17.3 Å². The average molecular weight is 454 g/mol. The van der Waals surface area contributed by atoms with E-state index in [1.54, 1.807) is 25.1 Å². The smallest absolute Gasteiger partial charge is 0.331 e. The summed E-state index contributed by atoms with van der Waals surface area (Å²) < 4.78 is 15.7. The Balaban J connectivity index is 2.19. The molecular weight excluding hydrogens is 429 g/mol. The van der Waals surface area contributed by atoms with Crippen LogP contribution in [0.1, 0.15) is 53.0 Å². The molecule has 6 heteroatoms. The van der Waals surface area contributed by atoms with Gasteiger partial charge in [0.15, 0.2) is 0 Å². The molecule has 170 valence electrons. The van der Waals surface area contributed by atoms with Crippen LogP contribution in [0, 0.1) is 31.0 Å². The summed E-state index contributed by atoms with van der Waals surface area (Å²) in [6, 6.07) is 19.6. The highest BCUT2D eigenvalue weighted by atomic mass is 19.1. The maximum absolute atomic E-state index is 13.8. The van der Waals surface area contributed by atoms with Gasteiger partial charge in [0.25, 0.3) is 0 Å². The third-order valence-electron chi connectivity index (χ3n) is 5.96. The van der Waals surface area contributed by atoms with E-state index < -0.39 is 12.0 Å². The number of halogens is 1. The Morgan fingerprint density at radius 3 is 2.38 bits per heavy atom. The molecule has 0 radical (unpaired) electrons. The van der Waals surface area contributed by atoms with Crippen LogP contribution in [0.4, 0.5) is 4.39 Å². The number of nitriles is 1. The fourth-order valence-corrected chi connectivity index (χ4v) is 4.43. The Labute approximate surface area is 197 Å². The number of aliphatic carboxylic acids is 1. The maximum Gasteiger partial charge on any atom is 0.331 e. The van der Waals surface area contributed by atoms with E-state index in [0.717, 1.165) is 22.4 Å². The summed E-state index contributed by atoms with van der Waals surface area (Å²) in [6.45, 7) is 5.57. The molecule has 34 heavy (non-hydrogen) atoms. The normalized spacial score (nSPS) is 12.5. The van der Waals surface area contributed by atoms with Gasteiger partial charge in [-0.2, -0.15) is 5.26 Å². The molecule has 1 N–H and O–H groups in total. The fourth-order valence-electron chi connectivity index (χ4n) is 4.43. The molecule has 0 amide bonds. The van der Waals surface area contributed by atoms with Crippen molar-refractivity contribution in [2.24, 2.45) is 0 Å². The summed E-state index contributed by atoms with van der Waals surface area (Å²) in [6.07, 6.45) is 1.86. The zero-order valence-electron chi connectivity index (χ0n) is 19.2. The van der Waals surface area contributed by atoms with Gasteiger partial charge in [-0.05, 0) is 61.2 Å².